The van der Waals surface area contributed by atoms with Gasteiger partial charge in [-0.1, -0.05) is 0 Å². The summed E-state index contributed by atoms with van der Waals surface area (Å²) in [5.74, 6) is -2.00. The first-order chi connectivity index (χ1) is 18.0. The Kier molecular flexibility index (Phi) is 6.50. The summed E-state index contributed by atoms with van der Waals surface area (Å²) >= 11 is 0. The normalized spacial score (nSPS) is 16.5. The molecule has 38 heavy (non-hydrogen) atoms. The second-order valence-corrected chi connectivity index (χ2v) is 10.3. The Bertz CT molecular complexity index is 1450. The van der Waals surface area contributed by atoms with E-state index < -0.39 is 23.1 Å². The first-order valence-corrected chi connectivity index (χ1v) is 12.4. The number of hydrogen-bond donors (Lipinski definition) is 2. The van der Waals surface area contributed by atoms with Crippen LogP contribution in [-0.2, 0) is 4.79 Å². The second-order valence-electron chi connectivity index (χ2n) is 10.3. The van der Waals surface area contributed by atoms with Crippen molar-refractivity contribution in [3.05, 3.63) is 65.6 Å². The number of hydrogen-bond acceptors (Lipinski definition) is 6. The van der Waals surface area contributed by atoms with Gasteiger partial charge in [-0.05, 0) is 70.0 Å². The van der Waals surface area contributed by atoms with Crippen LogP contribution in [0.1, 0.15) is 39.7 Å². The number of rotatable bonds is 5. The van der Waals surface area contributed by atoms with Gasteiger partial charge in [0.25, 0.3) is 0 Å². The number of carbonyl (C=O) groups is 1. The van der Waals surface area contributed by atoms with Crippen LogP contribution in [0.5, 0.6) is 5.75 Å². The van der Waals surface area contributed by atoms with Crippen molar-refractivity contribution < 1.29 is 22.7 Å². The summed E-state index contributed by atoms with van der Waals surface area (Å²) in [6, 6.07) is 7.34. The molecule has 0 bridgehead atoms. The molecule has 0 unspecified atom stereocenters. The third-order valence-corrected chi connectivity index (χ3v) is 6.47. The molecule has 3 heterocycles. The van der Waals surface area contributed by atoms with Gasteiger partial charge in [0.2, 0.25) is 11.9 Å². The van der Waals surface area contributed by atoms with E-state index >= 15 is 4.39 Å². The van der Waals surface area contributed by atoms with Gasteiger partial charge in [0.05, 0.1) is 18.4 Å². The summed E-state index contributed by atoms with van der Waals surface area (Å²) in [7, 11) is 0. The first-order valence-electron chi connectivity index (χ1n) is 12.4. The number of fused-ring (bicyclic) bond motifs is 1. The molecule has 0 atom stereocenters. The standard InChI is InChI=1S/C28H28F3N5O2/c1-15(2)36-14-28(3,4)38-26-21(30)9-17(10-23(26)36)25-22(31)13-33-27(35-25)34-18-5-6-19(20(29)12-18)16-7-8-32-24(37)11-16/h5-6,9-13,15H,7-8,14H2,1-4H3,(H,32,37)(H,33,34,35). The van der Waals surface area contributed by atoms with E-state index in [0.717, 1.165) is 6.20 Å². The number of nitrogens with zero attached hydrogens (tertiary/aromatic N) is 3. The molecule has 0 radical (unpaired) electrons. The Labute approximate surface area is 218 Å². The topological polar surface area (TPSA) is 79.4 Å². The van der Waals surface area contributed by atoms with E-state index in [4.69, 9.17) is 4.74 Å². The molecule has 2 aliphatic rings. The predicted octanol–water partition coefficient (Wildman–Crippen LogP) is 5.59. The predicted molar refractivity (Wildman–Crippen MR) is 140 cm³/mol. The maximum atomic E-state index is 15.2. The fraction of sp³-hybridized carbons (Fsp3) is 0.321. The molecule has 198 valence electrons. The third kappa shape index (κ3) is 5.03. The van der Waals surface area contributed by atoms with Crippen molar-refractivity contribution in [2.75, 3.05) is 23.3 Å². The van der Waals surface area contributed by atoms with Crippen LogP contribution in [-0.4, -0.2) is 40.6 Å². The zero-order chi connectivity index (χ0) is 27.2. The summed E-state index contributed by atoms with van der Waals surface area (Å²) in [5.41, 5.74) is 1.32. The molecule has 0 fully saturated rings. The Morgan fingerprint density at radius 1 is 1.11 bits per heavy atom. The molecule has 7 nitrogen and oxygen atoms in total. The minimum absolute atomic E-state index is 0.0148. The zero-order valence-electron chi connectivity index (χ0n) is 21.5. The quantitative estimate of drug-likeness (QED) is 0.454. The molecule has 2 aliphatic heterocycles. The van der Waals surface area contributed by atoms with E-state index in [9.17, 15) is 13.6 Å². The Hall–Kier alpha value is -4.08. The van der Waals surface area contributed by atoms with Crippen LogP contribution in [0.15, 0.2) is 42.6 Å². The monoisotopic (exact) mass is 523 g/mol. The van der Waals surface area contributed by atoms with Crippen LogP contribution >= 0.6 is 0 Å². The molecule has 1 amide bonds. The van der Waals surface area contributed by atoms with Crippen molar-refractivity contribution in [1.82, 2.24) is 15.3 Å². The van der Waals surface area contributed by atoms with Crippen LogP contribution in [0, 0.1) is 17.5 Å². The molecular formula is C28H28F3N5O2. The highest BCUT2D eigenvalue weighted by Gasteiger charge is 2.35. The third-order valence-electron chi connectivity index (χ3n) is 6.47. The largest absolute Gasteiger partial charge is 0.481 e. The smallest absolute Gasteiger partial charge is 0.244 e. The molecule has 0 spiro atoms. The van der Waals surface area contributed by atoms with Crippen LogP contribution < -0.4 is 20.3 Å². The molecule has 1 aromatic heterocycles. The van der Waals surface area contributed by atoms with Gasteiger partial charge in [-0.15, -0.1) is 0 Å². The van der Waals surface area contributed by atoms with Crippen molar-refractivity contribution in [1.29, 1.82) is 0 Å². The van der Waals surface area contributed by atoms with Crippen molar-refractivity contribution >= 4 is 28.8 Å². The van der Waals surface area contributed by atoms with Crippen molar-refractivity contribution in [2.45, 2.75) is 45.8 Å². The van der Waals surface area contributed by atoms with E-state index in [-0.39, 0.29) is 34.9 Å². The average molecular weight is 524 g/mol. The summed E-state index contributed by atoms with van der Waals surface area (Å²) in [6.07, 6.45) is 2.89. The molecule has 3 aromatic rings. The van der Waals surface area contributed by atoms with Gasteiger partial charge >= 0.3 is 0 Å². The summed E-state index contributed by atoms with van der Waals surface area (Å²) in [4.78, 5) is 21.9. The van der Waals surface area contributed by atoms with Gasteiger partial charge in [0.15, 0.2) is 17.4 Å². The molecule has 0 aliphatic carbocycles. The lowest BCUT2D eigenvalue weighted by molar-refractivity contribution is -0.116. The van der Waals surface area contributed by atoms with E-state index in [1.54, 1.807) is 18.2 Å². The van der Waals surface area contributed by atoms with Gasteiger partial charge in [-0.3, -0.25) is 4.79 Å². The Morgan fingerprint density at radius 3 is 2.61 bits per heavy atom. The molecule has 0 saturated heterocycles. The van der Waals surface area contributed by atoms with Gasteiger partial charge in [-0.2, -0.15) is 0 Å². The van der Waals surface area contributed by atoms with Gasteiger partial charge in [0.1, 0.15) is 17.1 Å². The maximum absolute atomic E-state index is 15.2. The molecule has 0 saturated carbocycles. The van der Waals surface area contributed by atoms with Crippen molar-refractivity contribution in [2.24, 2.45) is 0 Å². The van der Waals surface area contributed by atoms with E-state index in [1.165, 1.54) is 18.2 Å². The lowest BCUT2D eigenvalue weighted by Crippen LogP contribution is -2.49. The number of nitrogens with one attached hydrogen (secondary N) is 2. The zero-order valence-corrected chi connectivity index (χ0v) is 21.5. The number of amides is 1. The fourth-order valence-corrected chi connectivity index (χ4v) is 4.72. The van der Waals surface area contributed by atoms with E-state index in [2.05, 4.69) is 20.6 Å². The summed E-state index contributed by atoms with van der Waals surface area (Å²) in [6.45, 7) is 8.74. The number of halogens is 3. The average Bonchev–Trinajstić information content (AvgIpc) is 2.85. The molecular weight excluding hydrogens is 495 g/mol. The number of anilines is 3. The van der Waals surface area contributed by atoms with Crippen LogP contribution in [0.2, 0.25) is 0 Å². The van der Waals surface area contributed by atoms with E-state index in [0.29, 0.717) is 42.0 Å². The number of aromatic nitrogens is 2. The van der Waals surface area contributed by atoms with Crippen LogP contribution in [0.3, 0.4) is 0 Å². The highest BCUT2D eigenvalue weighted by Crippen LogP contribution is 2.43. The highest BCUT2D eigenvalue weighted by atomic mass is 19.1. The highest BCUT2D eigenvalue weighted by molar-refractivity contribution is 5.97. The van der Waals surface area contributed by atoms with Crippen LogP contribution in [0.4, 0.5) is 30.5 Å². The van der Waals surface area contributed by atoms with Crippen LogP contribution in [0.25, 0.3) is 16.8 Å². The second kappa shape index (κ2) is 9.66. The molecule has 5 rings (SSSR count). The number of carbonyl (C=O) groups excluding carboxylic acids is 1. The minimum atomic E-state index is -0.730. The number of ether oxygens (including phenoxy) is 1. The molecule has 10 heteroatoms. The number of benzene rings is 2. The summed E-state index contributed by atoms with van der Waals surface area (Å²) in [5, 5.41) is 5.55. The SMILES string of the molecule is CC(C)N1CC(C)(C)Oc2c(F)cc(-c3nc(Nc4ccc(C5=CC(=O)NCC5)c(F)c4)ncc3F)cc21. The lowest BCUT2D eigenvalue weighted by atomic mass is 9.99. The molecule has 2 N–H and O–H groups in total. The Morgan fingerprint density at radius 2 is 1.89 bits per heavy atom. The maximum Gasteiger partial charge on any atom is 0.244 e. The first kappa shape index (κ1) is 25.6. The Balaban J connectivity index is 1.46. The lowest BCUT2D eigenvalue weighted by Gasteiger charge is -2.43. The van der Waals surface area contributed by atoms with Gasteiger partial charge < -0.3 is 20.3 Å². The van der Waals surface area contributed by atoms with Gasteiger partial charge in [-0.25, -0.2) is 23.1 Å². The van der Waals surface area contributed by atoms with Crippen molar-refractivity contribution in [3.8, 4) is 17.0 Å². The van der Waals surface area contributed by atoms with E-state index in [1.807, 2.05) is 32.6 Å². The fourth-order valence-electron chi connectivity index (χ4n) is 4.72. The minimum Gasteiger partial charge on any atom is -0.481 e. The van der Waals surface area contributed by atoms with Crippen molar-refractivity contribution in [3.63, 3.8) is 0 Å². The molecule has 2 aromatic carbocycles. The van der Waals surface area contributed by atoms with Gasteiger partial charge in [0, 0.05) is 35.5 Å². The summed E-state index contributed by atoms with van der Waals surface area (Å²) < 4.78 is 50.9.